The van der Waals surface area contributed by atoms with Crippen molar-refractivity contribution in [3.8, 4) is 0 Å². The number of carbonyl (C=O) groups is 1. The number of anilines is 1. The number of alkyl halides is 2. The first-order valence-electron chi connectivity index (χ1n) is 7.99. The Morgan fingerprint density at radius 2 is 2.07 bits per heavy atom. The van der Waals surface area contributed by atoms with Gasteiger partial charge in [0.05, 0.1) is 29.1 Å². The van der Waals surface area contributed by atoms with Gasteiger partial charge in [-0.3, -0.25) is 15.0 Å². The fourth-order valence-electron chi connectivity index (χ4n) is 2.48. The van der Waals surface area contributed by atoms with Gasteiger partial charge in [-0.1, -0.05) is 0 Å². The topological polar surface area (TPSA) is 185 Å². The van der Waals surface area contributed by atoms with E-state index in [0.717, 1.165) is 12.1 Å². The van der Waals surface area contributed by atoms with E-state index in [-0.39, 0.29) is 36.8 Å². The summed E-state index contributed by atoms with van der Waals surface area (Å²) in [5.41, 5.74) is -0.362. The Bertz CT molecular complexity index is 820. The molecule has 5 N–H and O–H groups in total. The number of halogens is 2. The number of primary sulfonamides is 1. The highest BCUT2D eigenvalue weighted by atomic mass is 32.2. The van der Waals surface area contributed by atoms with Crippen LogP contribution in [0.4, 0.5) is 25.0 Å². The summed E-state index contributed by atoms with van der Waals surface area (Å²) in [4.78, 5) is 20.1. The largest absolute Gasteiger partial charge is 0.503 e. The molecule has 1 aliphatic heterocycles. The molecule has 164 valence electrons. The summed E-state index contributed by atoms with van der Waals surface area (Å²) in [5.74, 6) is 0. The molecule has 0 aromatic heterocycles. The van der Waals surface area contributed by atoms with Crippen LogP contribution in [0.3, 0.4) is 0 Å². The van der Waals surface area contributed by atoms with Crippen LogP contribution in [-0.2, 0) is 14.8 Å². The van der Waals surface area contributed by atoms with E-state index in [0.29, 0.717) is 6.54 Å². The molecule has 0 radical (unpaired) electrons. The molecule has 1 aliphatic rings. The summed E-state index contributed by atoms with van der Waals surface area (Å²) in [6.45, 7) is 0.730. The highest BCUT2D eigenvalue weighted by molar-refractivity contribution is 7.89. The van der Waals surface area contributed by atoms with E-state index in [1.807, 2.05) is 0 Å². The van der Waals surface area contributed by atoms with Crippen molar-refractivity contribution in [1.82, 2.24) is 4.90 Å². The standard InChI is InChI=1S/C13H18F2N4O5S.CH2O3/c14-13(15)8-18-3-4-24-9(7-18)6-17-11-2-1-10(25(16,22)23)5-12(11)19(20)21;2-1(3)4/h1-2,5,9,13,17H,3-4,6-8H2,(H2,16,22,23);(H2,2,3,4). The summed E-state index contributed by atoms with van der Waals surface area (Å²) in [7, 11) is -4.06. The number of nitro groups is 1. The van der Waals surface area contributed by atoms with E-state index in [4.69, 9.17) is 24.9 Å². The zero-order chi connectivity index (χ0) is 22.2. The van der Waals surface area contributed by atoms with Gasteiger partial charge < -0.3 is 20.3 Å². The van der Waals surface area contributed by atoms with Gasteiger partial charge in [-0.2, -0.15) is 0 Å². The number of morpholine rings is 1. The number of benzene rings is 1. The van der Waals surface area contributed by atoms with E-state index < -0.39 is 39.3 Å². The lowest BCUT2D eigenvalue weighted by atomic mass is 10.2. The van der Waals surface area contributed by atoms with E-state index in [1.165, 1.54) is 6.07 Å². The summed E-state index contributed by atoms with van der Waals surface area (Å²) in [5, 5.41) is 32.8. The number of nitrogens with two attached hydrogens (primary N) is 1. The van der Waals surface area contributed by atoms with Crippen molar-refractivity contribution < 1.29 is 41.9 Å². The number of hydrogen-bond donors (Lipinski definition) is 4. The molecule has 0 amide bonds. The number of nitro benzene ring substituents is 1. The van der Waals surface area contributed by atoms with E-state index in [9.17, 15) is 27.3 Å². The molecule has 1 aromatic rings. The van der Waals surface area contributed by atoms with Crippen molar-refractivity contribution in [2.75, 3.05) is 38.1 Å². The Morgan fingerprint density at radius 3 is 2.59 bits per heavy atom. The lowest BCUT2D eigenvalue weighted by molar-refractivity contribution is -0.384. The molecule has 1 unspecified atom stereocenters. The van der Waals surface area contributed by atoms with Crippen LogP contribution in [0.15, 0.2) is 23.1 Å². The average molecular weight is 442 g/mol. The van der Waals surface area contributed by atoms with Gasteiger partial charge in [0, 0.05) is 25.7 Å². The van der Waals surface area contributed by atoms with Crippen LogP contribution >= 0.6 is 0 Å². The second-order valence-electron chi connectivity index (χ2n) is 5.79. The van der Waals surface area contributed by atoms with Crippen molar-refractivity contribution in [2.45, 2.75) is 17.4 Å². The highest BCUT2D eigenvalue weighted by Gasteiger charge is 2.24. The second-order valence-corrected chi connectivity index (χ2v) is 7.35. The van der Waals surface area contributed by atoms with Gasteiger partial charge in [0.15, 0.2) is 0 Å². The van der Waals surface area contributed by atoms with E-state index in [2.05, 4.69) is 5.32 Å². The van der Waals surface area contributed by atoms with Gasteiger partial charge in [0.2, 0.25) is 10.0 Å². The normalized spacial score (nSPS) is 17.3. The zero-order valence-electron chi connectivity index (χ0n) is 14.9. The molecule has 1 saturated heterocycles. The fourth-order valence-corrected chi connectivity index (χ4v) is 3.01. The number of rotatable bonds is 7. The molecule has 1 heterocycles. The molecule has 1 fully saturated rings. The third kappa shape index (κ3) is 8.95. The van der Waals surface area contributed by atoms with Gasteiger partial charge in [0.1, 0.15) is 5.69 Å². The number of carboxylic acid groups (broad SMARTS) is 2. The summed E-state index contributed by atoms with van der Waals surface area (Å²) in [6.07, 6.45) is -4.71. The number of ether oxygens (including phenoxy) is 1. The molecule has 15 heteroatoms. The summed E-state index contributed by atoms with van der Waals surface area (Å²) < 4.78 is 52.9. The molecule has 2 rings (SSSR count). The van der Waals surface area contributed by atoms with Crippen LogP contribution < -0.4 is 10.5 Å². The van der Waals surface area contributed by atoms with Crippen LogP contribution in [0.25, 0.3) is 0 Å². The minimum absolute atomic E-state index is 0.0898. The van der Waals surface area contributed by atoms with Gasteiger partial charge >= 0.3 is 6.16 Å². The fraction of sp³-hybridized carbons (Fsp3) is 0.500. The van der Waals surface area contributed by atoms with Crippen molar-refractivity contribution in [2.24, 2.45) is 5.14 Å². The first-order chi connectivity index (χ1) is 13.4. The minimum atomic E-state index is -4.06. The Hall–Kier alpha value is -2.62. The number of sulfonamides is 1. The quantitative estimate of drug-likeness (QED) is 0.348. The SMILES string of the molecule is NS(=O)(=O)c1ccc(NCC2CN(CC(F)F)CCO2)c([N+](=O)[O-])c1.O=C(O)O. The number of nitrogens with zero attached hydrogens (tertiary/aromatic N) is 2. The van der Waals surface area contributed by atoms with Crippen LogP contribution in [0, 0.1) is 10.1 Å². The van der Waals surface area contributed by atoms with Crippen LogP contribution in [0.1, 0.15) is 0 Å². The average Bonchev–Trinajstić information content (AvgIpc) is 2.58. The van der Waals surface area contributed by atoms with Crippen LogP contribution in [0.5, 0.6) is 0 Å². The molecular formula is C14H20F2N4O8S. The molecule has 0 saturated carbocycles. The summed E-state index contributed by atoms with van der Waals surface area (Å²) in [6, 6.07) is 3.25. The van der Waals surface area contributed by atoms with E-state index in [1.54, 1.807) is 4.90 Å². The zero-order valence-corrected chi connectivity index (χ0v) is 15.7. The van der Waals surface area contributed by atoms with Crippen LogP contribution in [0.2, 0.25) is 0 Å². The Morgan fingerprint density at radius 1 is 1.45 bits per heavy atom. The molecule has 1 atom stereocenters. The molecule has 29 heavy (non-hydrogen) atoms. The molecular weight excluding hydrogens is 422 g/mol. The molecule has 12 nitrogen and oxygen atoms in total. The first-order valence-corrected chi connectivity index (χ1v) is 9.54. The maximum absolute atomic E-state index is 12.4. The highest BCUT2D eigenvalue weighted by Crippen LogP contribution is 2.27. The van der Waals surface area contributed by atoms with Gasteiger partial charge in [0.25, 0.3) is 12.1 Å². The third-order valence-corrected chi connectivity index (χ3v) is 4.54. The monoisotopic (exact) mass is 442 g/mol. The van der Waals surface area contributed by atoms with Crippen LogP contribution in [-0.4, -0.2) is 79.9 Å². The van der Waals surface area contributed by atoms with Crippen molar-refractivity contribution >= 4 is 27.6 Å². The smallest absolute Gasteiger partial charge is 0.450 e. The van der Waals surface area contributed by atoms with Crippen molar-refractivity contribution in [3.05, 3.63) is 28.3 Å². The van der Waals surface area contributed by atoms with Gasteiger partial charge in [-0.25, -0.2) is 27.1 Å². The lowest BCUT2D eigenvalue weighted by Crippen LogP contribution is -2.46. The maximum Gasteiger partial charge on any atom is 0.503 e. The minimum Gasteiger partial charge on any atom is -0.450 e. The predicted octanol–water partition coefficient (Wildman–Crippen LogP) is 0.842. The first kappa shape index (κ1) is 24.4. The van der Waals surface area contributed by atoms with Gasteiger partial charge in [-0.15, -0.1) is 0 Å². The Balaban J connectivity index is 0.000000960. The predicted molar refractivity (Wildman–Crippen MR) is 95.8 cm³/mol. The second kappa shape index (κ2) is 10.8. The number of hydrogen-bond acceptors (Lipinski definition) is 8. The Labute approximate surface area is 164 Å². The molecule has 0 spiro atoms. The lowest BCUT2D eigenvalue weighted by Gasteiger charge is -2.32. The maximum atomic E-state index is 12.4. The van der Waals surface area contributed by atoms with Crippen molar-refractivity contribution in [1.29, 1.82) is 0 Å². The molecule has 0 aliphatic carbocycles. The van der Waals surface area contributed by atoms with E-state index >= 15 is 0 Å². The summed E-state index contributed by atoms with van der Waals surface area (Å²) >= 11 is 0. The molecule has 0 bridgehead atoms. The molecule has 1 aromatic carbocycles. The third-order valence-electron chi connectivity index (χ3n) is 3.63. The number of nitrogens with one attached hydrogen (secondary N) is 1. The van der Waals surface area contributed by atoms with Gasteiger partial charge in [-0.05, 0) is 12.1 Å². The van der Waals surface area contributed by atoms with Crippen molar-refractivity contribution in [3.63, 3.8) is 0 Å². The Kier molecular flexibility index (Phi) is 9.09.